The predicted octanol–water partition coefficient (Wildman–Crippen LogP) is 0.426. The fourth-order valence-electron chi connectivity index (χ4n) is 2.54. The molecular formula is C13H22N4O3S. The lowest BCUT2D eigenvalue weighted by atomic mass is 10.2. The van der Waals surface area contributed by atoms with E-state index in [-0.39, 0.29) is 17.2 Å². The van der Waals surface area contributed by atoms with Gasteiger partial charge in [-0.1, -0.05) is 0 Å². The summed E-state index contributed by atoms with van der Waals surface area (Å²) in [4.78, 5) is 0. The van der Waals surface area contributed by atoms with Crippen molar-refractivity contribution in [1.29, 1.82) is 0 Å². The van der Waals surface area contributed by atoms with Crippen LogP contribution in [-0.4, -0.2) is 43.4 Å². The summed E-state index contributed by atoms with van der Waals surface area (Å²) in [6, 6.07) is 0.335. The number of aryl methyl sites for hydroxylation is 1. The van der Waals surface area contributed by atoms with E-state index in [2.05, 4.69) is 20.2 Å². The van der Waals surface area contributed by atoms with Gasteiger partial charge in [0.1, 0.15) is 0 Å². The van der Waals surface area contributed by atoms with Crippen LogP contribution >= 0.6 is 0 Å². The van der Waals surface area contributed by atoms with Crippen LogP contribution in [0.4, 0.5) is 0 Å². The first-order valence-corrected chi connectivity index (χ1v) is 8.87. The van der Waals surface area contributed by atoms with Crippen molar-refractivity contribution in [2.24, 2.45) is 0 Å². The molecule has 1 aromatic rings. The van der Waals surface area contributed by atoms with Gasteiger partial charge in [-0.2, -0.15) is 5.10 Å². The van der Waals surface area contributed by atoms with Gasteiger partial charge in [0.05, 0.1) is 12.1 Å². The monoisotopic (exact) mass is 314 g/mol. The standard InChI is InChI=1S/C13H22N4O3S/c1-8-11(7-14-10-3-4-10)13(16-15-8)21(18,19)17-12-5-6-20-9(12)2/h9-10,12,14,17H,3-7H2,1-2H3,(H,15,16). The molecule has 0 spiro atoms. The van der Waals surface area contributed by atoms with Crippen LogP contribution in [0.2, 0.25) is 0 Å². The third kappa shape index (κ3) is 3.28. The molecule has 0 bridgehead atoms. The Morgan fingerprint density at radius 1 is 1.38 bits per heavy atom. The third-order valence-electron chi connectivity index (χ3n) is 4.12. The highest BCUT2D eigenvalue weighted by atomic mass is 32.2. The normalized spacial score (nSPS) is 26.4. The molecule has 1 saturated heterocycles. The number of nitrogens with zero attached hydrogens (tertiary/aromatic N) is 1. The van der Waals surface area contributed by atoms with Crippen molar-refractivity contribution in [2.45, 2.75) is 62.9 Å². The lowest BCUT2D eigenvalue weighted by Gasteiger charge is -2.16. The SMILES string of the molecule is Cc1[nH]nc(S(=O)(=O)NC2CCOC2C)c1CNC1CC1. The van der Waals surface area contributed by atoms with Gasteiger partial charge in [0.2, 0.25) is 0 Å². The first kappa shape index (κ1) is 15.0. The summed E-state index contributed by atoms with van der Waals surface area (Å²) < 4.78 is 33.2. The van der Waals surface area contributed by atoms with Crippen LogP contribution in [0.3, 0.4) is 0 Å². The summed E-state index contributed by atoms with van der Waals surface area (Å²) in [6.45, 7) is 4.84. The van der Waals surface area contributed by atoms with Crippen molar-refractivity contribution < 1.29 is 13.2 Å². The Morgan fingerprint density at radius 3 is 2.76 bits per heavy atom. The molecule has 0 amide bonds. The maximum Gasteiger partial charge on any atom is 0.260 e. The number of ether oxygens (including phenoxy) is 1. The molecule has 1 saturated carbocycles. The van der Waals surface area contributed by atoms with Gasteiger partial charge in [0.15, 0.2) is 5.03 Å². The summed E-state index contributed by atoms with van der Waals surface area (Å²) in [5, 5.41) is 10.2. The summed E-state index contributed by atoms with van der Waals surface area (Å²) in [7, 11) is -3.63. The first-order chi connectivity index (χ1) is 9.97. The van der Waals surface area contributed by atoms with Crippen molar-refractivity contribution in [3.05, 3.63) is 11.3 Å². The minimum absolute atomic E-state index is 0.104. The minimum Gasteiger partial charge on any atom is -0.377 e. The number of hydrogen-bond donors (Lipinski definition) is 3. The fourth-order valence-corrected chi connectivity index (χ4v) is 4.07. The van der Waals surface area contributed by atoms with E-state index in [0.717, 1.165) is 24.1 Å². The van der Waals surface area contributed by atoms with Gasteiger partial charge in [-0.25, -0.2) is 13.1 Å². The maximum absolute atomic E-state index is 12.6. The molecule has 0 radical (unpaired) electrons. The molecule has 1 aromatic heterocycles. The van der Waals surface area contributed by atoms with Crippen LogP contribution in [0.5, 0.6) is 0 Å². The number of H-pyrrole nitrogens is 1. The van der Waals surface area contributed by atoms with Gasteiger partial charge < -0.3 is 10.1 Å². The van der Waals surface area contributed by atoms with Crippen LogP contribution in [0.1, 0.15) is 37.4 Å². The average molecular weight is 314 g/mol. The van der Waals surface area contributed by atoms with Crippen molar-refractivity contribution in [1.82, 2.24) is 20.2 Å². The Bertz CT molecular complexity index is 609. The zero-order chi connectivity index (χ0) is 15.0. The second-order valence-electron chi connectivity index (χ2n) is 5.88. The highest BCUT2D eigenvalue weighted by molar-refractivity contribution is 7.89. The number of nitrogens with one attached hydrogen (secondary N) is 3. The van der Waals surface area contributed by atoms with Crippen LogP contribution < -0.4 is 10.0 Å². The van der Waals surface area contributed by atoms with E-state index in [9.17, 15) is 8.42 Å². The number of aromatic nitrogens is 2. The Balaban J connectivity index is 1.77. The average Bonchev–Trinajstić information content (AvgIpc) is 3.06. The van der Waals surface area contributed by atoms with Gasteiger partial charge in [0, 0.05) is 30.5 Å². The van der Waals surface area contributed by atoms with E-state index in [0.29, 0.717) is 25.6 Å². The molecule has 3 rings (SSSR count). The molecule has 2 aliphatic rings. The highest BCUT2D eigenvalue weighted by Gasteiger charge is 2.32. The van der Waals surface area contributed by atoms with Crippen LogP contribution in [0, 0.1) is 6.92 Å². The molecule has 3 N–H and O–H groups in total. The Kier molecular flexibility index (Phi) is 4.04. The van der Waals surface area contributed by atoms with Crippen LogP contribution in [0.25, 0.3) is 0 Å². The van der Waals surface area contributed by atoms with Gasteiger partial charge in [-0.05, 0) is 33.1 Å². The van der Waals surface area contributed by atoms with Crippen molar-refractivity contribution in [3.63, 3.8) is 0 Å². The van der Waals surface area contributed by atoms with Gasteiger partial charge in [0.25, 0.3) is 10.0 Å². The quantitative estimate of drug-likeness (QED) is 0.707. The Morgan fingerprint density at radius 2 is 2.14 bits per heavy atom. The molecule has 2 heterocycles. The van der Waals surface area contributed by atoms with Crippen molar-refractivity contribution in [2.75, 3.05) is 6.61 Å². The summed E-state index contributed by atoms with van der Waals surface area (Å²) in [5.41, 5.74) is 1.51. The highest BCUT2D eigenvalue weighted by Crippen LogP contribution is 2.23. The molecule has 2 atom stereocenters. The van der Waals surface area contributed by atoms with E-state index in [1.165, 1.54) is 0 Å². The summed E-state index contributed by atoms with van der Waals surface area (Å²) in [6.07, 6.45) is 2.91. The topological polar surface area (TPSA) is 96.1 Å². The lowest BCUT2D eigenvalue weighted by molar-refractivity contribution is 0.117. The Hall–Kier alpha value is -0.960. The summed E-state index contributed by atoms with van der Waals surface area (Å²) in [5.74, 6) is 0. The first-order valence-electron chi connectivity index (χ1n) is 7.38. The van der Waals surface area contributed by atoms with E-state index < -0.39 is 10.0 Å². The lowest BCUT2D eigenvalue weighted by Crippen LogP contribution is -2.39. The van der Waals surface area contributed by atoms with Gasteiger partial charge >= 0.3 is 0 Å². The largest absolute Gasteiger partial charge is 0.377 e. The van der Waals surface area contributed by atoms with E-state index in [4.69, 9.17) is 4.74 Å². The molecule has 1 aliphatic heterocycles. The third-order valence-corrected chi connectivity index (χ3v) is 5.58. The predicted molar refractivity (Wildman–Crippen MR) is 77.3 cm³/mol. The maximum atomic E-state index is 12.6. The zero-order valence-corrected chi connectivity index (χ0v) is 13.2. The molecule has 2 unspecified atom stereocenters. The fraction of sp³-hybridized carbons (Fsp3) is 0.769. The van der Waals surface area contributed by atoms with Gasteiger partial charge in [-0.15, -0.1) is 0 Å². The molecule has 2 fully saturated rings. The zero-order valence-electron chi connectivity index (χ0n) is 12.3. The van der Waals surface area contributed by atoms with Crippen LogP contribution in [0.15, 0.2) is 5.03 Å². The van der Waals surface area contributed by atoms with Gasteiger partial charge in [-0.3, -0.25) is 5.10 Å². The van der Waals surface area contributed by atoms with E-state index in [1.54, 1.807) is 0 Å². The number of hydrogen-bond acceptors (Lipinski definition) is 5. The number of aromatic amines is 1. The molecule has 0 aromatic carbocycles. The molecule has 7 nitrogen and oxygen atoms in total. The number of sulfonamides is 1. The minimum atomic E-state index is -3.63. The van der Waals surface area contributed by atoms with Crippen molar-refractivity contribution in [3.8, 4) is 0 Å². The molecule has 8 heteroatoms. The molecular weight excluding hydrogens is 292 g/mol. The Labute approximate surface area is 124 Å². The van der Waals surface area contributed by atoms with E-state index >= 15 is 0 Å². The molecule has 21 heavy (non-hydrogen) atoms. The smallest absolute Gasteiger partial charge is 0.260 e. The summed E-state index contributed by atoms with van der Waals surface area (Å²) >= 11 is 0. The number of rotatable bonds is 6. The molecule has 1 aliphatic carbocycles. The molecule has 118 valence electrons. The second kappa shape index (κ2) is 5.68. The van der Waals surface area contributed by atoms with Crippen molar-refractivity contribution >= 4 is 10.0 Å². The second-order valence-corrected chi connectivity index (χ2v) is 7.51. The van der Waals surface area contributed by atoms with Crippen LogP contribution in [-0.2, 0) is 21.3 Å². The van der Waals surface area contributed by atoms with E-state index in [1.807, 2.05) is 13.8 Å².